The predicted molar refractivity (Wildman–Crippen MR) is 185 cm³/mol. The van der Waals surface area contributed by atoms with E-state index in [4.69, 9.17) is 16.5 Å². The summed E-state index contributed by atoms with van der Waals surface area (Å²) in [5, 5.41) is 26.4. The molecule has 6 N–H and O–H groups in total. The first-order chi connectivity index (χ1) is 22.8. The van der Waals surface area contributed by atoms with Crippen LogP contribution in [0.5, 0.6) is 0 Å². The highest BCUT2D eigenvalue weighted by Crippen LogP contribution is 2.40. The van der Waals surface area contributed by atoms with Gasteiger partial charge in [0.05, 0.1) is 22.5 Å². The molecule has 1 aliphatic rings. The summed E-state index contributed by atoms with van der Waals surface area (Å²) in [6.45, 7) is 3.88. The quantitative estimate of drug-likeness (QED) is 0.125. The maximum absolute atomic E-state index is 12.7. The Bertz CT molecular complexity index is 1830. The number of para-hydroxylation sites is 2. The monoisotopic (exact) mass is 644 g/mol. The summed E-state index contributed by atoms with van der Waals surface area (Å²) in [7, 11) is 0. The number of nitrogens with two attached hydrogens (primary N) is 2. The van der Waals surface area contributed by atoms with E-state index in [0.29, 0.717) is 70.5 Å². The number of thioether (sulfide) groups is 1. The van der Waals surface area contributed by atoms with Crippen LogP contribution < -0.4 is 27.0 Å². The number of hydrogen-bond acceptors (Lipinski definition) is 9. The molecule has 0 bridgehead atoms. The molecule has 5 rings (SSSR count). The summed E-state index contributed by atoms with van der Waals surface area (Å²) in [4.78, 5) is 32.1. The Hall–Kier alpha value is -5.36. The number of carbonyl (C=O) groups excluding carboxylic acids is 2. The van der Waals surface area contributed by atoms with Gasteiger partial charge in [0.25, 0.3) is 5.91 Å². The Morgan fingerprint density at radius 2 is 1.64 bits per heavy atom. The van der Waals surface area contributed by atoms with Gasteiger partial charge in [-0.1, -0.05) is 73.3 Å². The summed E-state index contributed by atoms with van der Waals surface area (Å²) in [6.07, 6.45) is 2.12. The predicted octanol–water partition coefficient (Wildman–Crippen LogP) is 5.30. The van der Waals surface area contributed by atoms with Crippen LogP contribution in [0.1, 0.15) is 63.2 Å². The van der Waals surface area contributed by atoms with E-state index in [-0.39, 0.29) is 11.9 Å². The van der Waals surface area contributed by atoms with E-state index in [9.17, 15) is 20.1 Å². The van der Waals surface area contributed by atoms with Crippen molar-refractivity contribution in [2.24, 2.45) is 5.73 Å². The number of nitriles is 2. The second-order valence-electron chi connectivity index (χ2n) is 11.2. The van der Waals surface area contributed by atoms with Crippen molar-refractivity contribution >= 4 is 40.8 Å². The average molecular weight is 645 g/mol. The minimum Gasteiger partial charge on any atom is -0.397 e. The standard InChI is InChI=1S/C36H36N8O2S/c1-2-27-28(20-37)34(43-36(29(27)21-38)47-32(33(40)45)24-8-4-3-5-9-24)44-18-16-26(17-19-44)41-22-23-12-14-25(15-13-23)35(46)42-31-11-7-6-10-30(31)39/h3-15,26,32,41H,2,16-19,22,39H2,1H3,(H2,40,45)(H,42,46). The van der Waals surface area contributed by atoms with Crippen molar-refractivity contribution in [1.29, 1.82) is 10.5 Å². The number of rotatable bonds is 11. The van der Waals surface area contributed by atoms with E-state index in [1.165, 1.54) is 0 Å². The Morgan fingerprint density at radius 1 is 0.979 bits per heavy atom. The number of amides is 2. The SMILES string of the molecule is CCc1c(C#N)c(SC(C(N)=O)c2ccccc2)nc(N2CCC(NCc3ccc(C(=O)Nc4ccccc4N)cc3)CC2)c1C#N. The second-order valence-corrected chi connectivity index (χ2v) is 12.3. The van der Waals surface area contributed by atoms with Crippen molar-refractivity contribution in [2.45, 2.75) is 49.0 Å². The molecule has 2 heterocycles. The molecule has 0 saturated carbocycles. The Kier molecular flexibility index (Phi) is 10.7. The smallest absolute Gasteiger partial charge is 0.255 e. The van der Waals surface area contributed by atoms with Gasteiger partial charge in [-0.3, -0.25) is 9.59 Å². The third kappa shape index (κ3) is 7.72. The van der Waals surface area contributed by atoms with E-state index in [1.54, 1.807) is 24.3 Å². The number of piperidine rings is 1. The van der Waals surface area contributed by atoms with Crippen LogP contribution in [-0.4, -0.2) is 35.9 Å². The van der Waals surface area contributed by atoms with Crippen LogP contribution >= 0.6 is 11.8 Å². The van der Waals surface area contributed by atoms with Crippen LogP contribution in [0, 0.1) is 22.7 Å². The molecule has 0 aliphatic carbocycles. The number of hydrogen-bond donors (Lipinski definition) is 4. The molecule has 1 atom stereocenters. The molecule has 1 saturated heterocycles. The van der Waals surface area contributed by atoms with E-state index < -0.39 is 11.2 Å². The lowest BCUT2D eigenvalue weighted by molar-refractivity contribution is -0.117. The van der Waals surface area contributed by atoms with Crippen LogP contribution in [0.4, 0.5) is 17.2 Å². The highest BCUT2D eigenvalue weighted by atomic mass is 32.2. The van der Waals surface area contributed by atoms with Crippen LogP contribution in [0.3, 0.4) is 0 Å². The summed E-state index contributed by atoms with van der Waals surface area (Å²) in [5.74, 6) is -0.217. The molecule has 1 aromatic heterocycles. The summed E-state index contributed by atoms with van der Waals surface area (Å²) >= 11 is 1.15. The number of primary amides is 1. The molecule has 11 heteroatoms. The van der Waals surface area contributed by atoms with Gasteiger partial charge in [-0.05, 0) is 60.2 Å². The van der Waals surface area contributed by atoms with Gasteiger partial charge in [0.1, 0.15) is 28.2 Å². The van der Waals surface area contributed by atoms with Crippen molar-refractivity contribution < 1.29 is 9.59 Å². The van der Waals surface area contributed by atoms with Crippen molar-refractivity contribution in [2.75, 3.05) is 29.0 Å². The number of aromatic nitrogens is 1. The molecular weight excluding hydrogens is 609 g/mol. The summed E-state index contributed by atoms with van der Waals surface area (Å²) in [6, 6.07) is 28.6. The molecule has 1 fully saturated rings. The zero-order valence-corrected chi connectivity index (χ0v) is 26.9. The lowest BCUT2D eigenvalue weighted by Crippen LogP contribution is -2.43. The number of nitrogen functional groups attached to an aromatic ring is 1. The van der Waals surface area contributed by atoms with Gasteiger partial charge in [0.15, 0.2) is 0 Å². The molecule has 3 aromatic carbocycles. The molecule has 0 spiro atoms. The van der Waals surface area contributed by atoms with Gasteiger partial charge in [0, 0.05) is 31.2 Å². The minimum absolute atomic E-state index is 0.221. The molecule has 1 unspecified atom stereocenters. The first kappa shape index (κ1) is 33.0. The lowest BCUT2D eigenvalue weighted by Gasteiger charge is -2.34. The van der Waals surface area contributed by atoms with Crippen LogP contribution in [-0.2, 0) is 17.8 Å². The Labute approximate surface area is 278 Å². The number of nitrogens with zero attached hydrogens (tertiary/aromatic N) is 4. The van der Waals surface area contributed by atoms with E-state index in [1.807, 2.05) is 61.5 Å². The van der Waals surface area contributed by atoms with Gasteiger partial charge in [-0.15, -0.1) is 0 Å². The van der Waals surface area contributed by atoms with Crippen LogP contribution in [0.15, 0.2) is 83.9 Å². The fourth-order valence-electron chi connectivity index (χ4n) is 5.66. The molecular formula is C36H36N8O2S. The van der Waals surface area contributed by atoms with Gasteiger partial charge >= 0.3 is 0 Å². The maximum atomic E-state index is 12.7. The number of anilines is 3. The van der Waals surface area contributed by atoms with Crippen molar-refractivity contribution in [3.8, 4) is 12.1 Å². The van der Waals surface area contributed by atoms with Gasteiger partial charge in [-0.25, -0.2) is 4.98 Å². The van der Waals surface area contributed by atoms with Gasteiger partial charge in [0.2, 0.25) is 5.91 Å². The third-order valence-electron chi connectivity index (χ3n) is 8.23. The molecule has 0 radical (unpaired) electrons. The first-order valence-corrected chi connectivity index (χ1v) is 16.3. The highest BCUT2D eigenvalue weighted by molar-refractivity contribution is 8.00. The fraction of sp³-hybridized carbons (Fsp3) is 0.250. The molecule has 2 amide bonds. The number of pyridine rings is 1. The van der Waals surface area contributed by atoms with Crippen molar-refractivity contribution in [3.63, 3.8) is 0 Å². The normalized spacial score (nSPS) is 13.7. The maximum Gasteiger partial charge on any atom is 0.255 e. The highest BCUT2D eigenvalue weighted by Gasteiger charge is 2.29. The molecule has 4 aromatic rings. The third-order valence-corrected chi connectivity index (χ3v) is 9.49. The lowest BCUT2D eigenvalue weighted by atomic mass is 9.99. The van der Waals surface area contributed by atoms with E-state index >= 15 is 0 Å². The van der Waals surface area contributed by atoms with Gasteiger partial charge < -0.3 is 27.0 Å². The topological polar surface area (TPSA) is 174 Å². The van der Waals surface area contributed by atoms with Crippen LogP contribution in [0.25, 0.3) is 0 Å². The molecule has 238 valence electrons. The minimum atomic E-state index is -0.734. The molecule has 47 heavy (non-hydrogen) atoms. The van der Waals surface area contributed by atoms with Crippen LogP contribution in [0.2, 0.25) is 0 Å². The van der Waals surface area contributed by atoms with E-state index in [0.717, 1.165) is 35.7 Å². The van der Waals surface area contributed by atoms with Gasteiger partial charge in [-0.2, -0.15) is 10.5 Å². The van der Waals surface area contributed by atoms with E-state index in [2.05, 4.69) is 27.7 Å². The second kappa shape index (κ2) is 15.3. The van der Waals surface area contributed by atoms with Crippen molar-refractivity contribution in [1.82, 2.24) is 10.3 Å². The molecule has 1 aliphatic heterocycles. The Balaban J connectivity index is 1.25. The average Bonchev–Trinajstić information content (AvgIpc) is 3.10. The Morgan fingerprint density at radius 3 is 2.26 bits per heavy atom. The number of carbonyl (C=O) groups is 2. The summed E-state index contributed by atoms with van der Waals surface area (Å²) < 4.78 is 0. The fourth-order valence-corrected chi connectivity index (χ4v) is 6.72. The van der Waals surface area contributed by atoms with Crippen molar-refractivity contribution in [3.05, 3.63) is 112 Å². The number of nitrogens with one attached hydrogen (secondary N) is 2. The molecule has 10 nitrogen and oxygen atoms in total. The zero-order valence-electron chi connectivity index (χ0n) is 26.1. The summed E-state index contributed by atoms with van der Waals surface area (Å²) in [5.41, 5.74) is 16.5. The zero-order chi connectivity index (χ0) is 33.3. The first-order valence-electron chi connectivity index (χ1n) is 15.4. The number of benzene rings is 3. The largest absolute Gasteiger partial charge is 0.397 e.